The Labute approximate surface area is 80.6 Å². The van der Waals surface area contributed by atoms with Crippen LogP contribution >= 0.6 is 0 Å². The molecule has 0 amide bonds. The lowest BCUT2D eigenvalue weighted by Gasteiger charge is -2.15. The van der Waals surface area contributed by atoms with Gasteiger partial charge >= 0.3 is 0 Å². The van der Waals surface area contributed by atoms with E-state index in [0.29, 0.717) is 5.69 Å². The summed E-state index contributed by atoms with van der Waals surface area (Å²) in [5.41, 5.74) is 0.713. The fraction of sp³-hybridized carbons (Fsp3) is 0.250. The number of hydrogen-bond donors (Lipinski definition) is 2. The molecular weight excluding hydrogens is 188 g/mol. The van der Waals surface area contributed by atoms with Gasteiger partial charge in [-0.05, 0) is 24.3 Å². The quantitative estimate of drug-likeness (QED) is 0.563. The molecule has 0 aliphatic carbocycles. The number of nitrogens with one attached hydrogen (secondary N) is 1. The van der Waals surface area contributed by atoms with Crippen molar-refractivity contribution in [1.82, 2.24) is 4.31 Å². The molecule has 72 valence electrons. The number of anilines is 1. The normalized spacial score (nSPS) is 12.9. The maximum absolute atomic E-state index is 11.3. The Morgan fingerprint density at radius 2 is 1.85 bits per heavy atom. The Hall–Kier alpha value is -0.910. The maximum atomic E-state index is 11.3. The van der Waals surface area contributed by atoms with Crippen molar-refractivity contribution in [3.63, 3.8) is 0 Å². The van der Waals surface area contributed by atoms with Crippen molar-refractivity contribution in [2.24, 2.45) is 0 Å². The molecule has 0 aliphatic rings. The largest absolute Gasteiger partial charge is 0.573 e. The van der Waals surface area contributed by atoms with Gasteiger partial charge in [-0.15, -0.1) is 4.31 Å². The predicted molar refractivity (Wildman–Crippen MR) is 53.6 cm³/mol. The number of phenolic OH excluding ortho intramolecular Hbond substituents is 1. The molecule has 2 N–H and O–H groups in total. The first-order valence-electron chi connectivity index (χ1n) is 3.74. The van der Waals surface area contributed by atoms with Gasteiger partial charge in [0.15, 0.2) is 11.5 Å². The van der Waals surface area contributed by atoms with Gasteiger partial charge in [0.1, 0.15) is 5.75 Å². The number of hydrogen-bond acceptors (Lipinski definition) is 4. The van der Waals surface area contributed by atoms with Gasteiger partial charge in [0.05, 0.1) is 5.69 Å². The van der Waals surface area contributed by atoms with Gasteiger partial charge in [0, 0.05) is 14.1 Å². The van der Waals surface area contributed by atoms with Crippen LogP contribution in [-0.4, -0.2) is 28.1 Å². The molecule has 1 aromatic carbocycles. The van der Waals surface area contributed by atoms with Crippen LogP contribution in [0, 0.1) is 0 Å². The number of benzene rings is 1. The molecule has 0 fully saturated rings. The first kappa shape index (κ1) is 10.2. The summed E-state index contributed by atoms with van der Waals surface area (Å²) in [4.78, 5) is 0. The van der Waals surface area contributed by atoms with E-state index in [1.165, 1.54) is 12.1 Å². The number of aromatic hydroxyl groups is 1. The van der Waals surface area contributed by atoms with Gasteiger partial charge < -0.3 is 9.66 Å². The van der Waals surface area contributed by atoms with Crippen LogP contribution in [0.2, 0.25) is 0 Å². The van der Waals surface area contributed by atoms with E-state index in [1.54, 1.807) is 30.5 Å². The highest BCUT2D eigenvalue weighted by atomic mass is 32.2. The van der Waals surface area contributed by atoms with E-state index in [4.69, 9.17) is 5.11 Å². The van der Waals surface area contributed by atoms with E-state index in [2.05, 4.69) is 4.72 Å². The smallest absolute Gasteiger partial charge is 0.165 e. The first-order valence-corrected chi connectivity index (χ1v) is 4.85. The lowest BCUT2D eigenvalue weighted by molar-refractivity contribution is 0.475. The molecule has 0 aliphatic heterocycles. The Morgan fingerprint density at radius 3 is 2.31 bits per heavy atom. The highest BCUT2D eigenvalue weighted by Gasteiger charge is 2.09. The SMILES string of the molecule is CN(C)[S+]([O-])Nc1ccc(O)cc1. The average molecular weight is 200 g/mol. The monoisotopic (exact) mass is 200 g/mol. The van der Waals surface area contributed by atoms with Gasteiger partial charge in [-0.25, -0.2) is 0 Å². The van der Waals surface area contributed by atoms with Crippen molar-refractivity contribution in [2.45, 2.75) is 0 Å². The third kappa shape index (κ3) is 3.14. The van der Waals surface area contributed by atoms with E-state index < -0.39 is 11.5 Å². The van der Waals surface area contributed by atoms with Gasteiger partial charge in [-0.3, -0.25) is 0 Å². The fourth-order valence-electron chi connectivity index (χ4n) is 0.722. The van der Waals surface area contributed by atoms with Crippen LogP contribution in [0.3, 0.4) is 0 Å². The maximum Gasteiger partial charge on any atom is 0.165 e. The molecule has 0 heterocycles. The second-order valence-electron chi connectivity index (χ2n) is 2.71. The van der Waals surface area contributed by atoms with E-state index in [9.17, 15) is 4.55 Å². The van der Waals surface area contributed by atoms with Crippen LogP contribution in [0.1, 0.15) is 0 Å². The summed E-state index contributed by atoms with van der Waals surface area (Å²) in [5.74, 6) is 0.196. The van der Waals surface area contributed by atoms with E-state index in [0.717, 1.165) is 0 Å². The average Bonchev–Trinajstić information content (AvgIpc) is 2.08. The molecule has 0 bridgehead atoms. The van der Waals surface area contributed by atoms with Crippen molar-refractivity contribution < 1.29 is 9.66 Å². The summed E-state index contributed by atoms with van der Waals surface area (Å²) in [6.07, 6.45) is 0. The highest BCUT2D eigenvalue weighted by molar-refractivity contribution is 7.90. The van der Waals surface area contributed by atoms with Crippen molar-refractivity contribution >= 4 is 17.2 Å². The van der Waals surface area contributed by atoms with E-state index >= 15 is 0 Å². The molecule has 0 aromatic heterocycles. The molecule has 4 nitrogen and oxygen atoms in total. The Balaban J connectivity index is 2.59. The van der Waals surface area contributed by atoms with E-state index in [1.807, 2.05) is 0 Å². The minimum absolute atomic E-state index is 0.196. The van der Waals surface area contributed by atoms with Crippen LogP contribution in [-0.2, 0) is 11.5 Å². The van der Waals surface area contributed by atoms with Crippen LogP contribution in [0.4, 0.5) is 5.69 Å². The predicted octanol–water partition coefficient (Wildman–Crippen LogP) is 0.944. The third-order valence-electron chi connectivity index (χ3n) is 1.40. The van der Waals surface area contributed by atoms with Crippen LogP contribution in [0.25, 0.3) is 0 Å². The topological polar surface area (TPSA) is 58.6 Å². The zero-order valence-corrected chi connectivity index (χ0v) is 8.34. The second-order valence-corrected chi connectivity index (χ2v) is 4.14. The molecule has 0 spiro atoms. The summed E-state index contributed by atoms with van der Waals surface area (Å²) >= 11 is -1.23. The van der Waals surface area contributed by atoms with Gasteiger partial charge in [0.2, 0.25) is 0 Å². The second kappa shape index (κ2) is 4.36. The molecule has 13 heavy (non-hydrogen) atoms. The molecule has 0 radical (unpaired) electrons. The van der Waals surface area contributed by atoms with Crippen LogP contribution < -0.4 is 4.72 Å². The molecule has 0 saturated carbocycles. The first-order chi connectivity index (χ1) is 6.09. The minimum atomic E-state index is -1.23. The summed E-state index contributed by atoms with van der Waals surface area (Å²) < 4.78 is 15.6. The number of nitrogens with zero attached hydrogens (tertiary/aromatic N) is 1. The van der Waals surface area contributed by atoms with E-state index in [-0.39, 0.29) is 5.75 Å². The fourth-order valence-corrected chi connectivity index (χ4v) is 1.24. The van der Waals surface area contributed by atoms with Gasteiger partial charge in [0.25, 0.3) is 0 Å². The van der Waals surface area contributed by atoms with Crippen LogP contribution in [0.15, 0.2) is 24.3 Å². The molecule has 5 heteroatoms. The zero-order valence-electron chi connectivity index (χ0n) is 7.52. The highest BCUT2D eigenvalue weighted by Crippen LogP contribution is 2.15. The van der Waals surface area contributed by atoms with Crippen molar-refractivity contribution in [1.29, 1.82) is 0 Å². The Kier molecular flexibility index (Phi) is 3.41. The third-order valence-corrected chi connectivity index (χ3v) is 2.48. The molecule has 1 rings (SSSR count). The standard InChI is InChI=1S/C8H12N2O2S/c1-10(2)13(12)9-7-3-5-8(11)6-4-7/h3-6,9,11H,1-2H3. The molecule has 1 atom stereocenters. The van der Waals surface area contributed by atoms with Crippen molar-refractivity contribution in [3.8, 4) is 5.75 Å². The summed E-state index contributed by atoms with van der Waals surface area (Å²) in [6.45, 7) is 0. The van der Waals surface area contributed by atoms with Gasteiger partial charge in [-0.2, -0.15) is 4.72 Å². The summed E-state index contributed by atoms with van der Waals surface area (Å²) in [5, 5.41) is 8.99. The molecule has 1 unspecified atom stereocenters. The lowest BCUT2D eigenvalue weighted by atomic mass is 10.3. The summed E-state index contributed by atoms with van der Waals surface area (Å²) in [6, 6.07) is 6.40. The molecule has 0 saturated heterocycles. The van der Waals surface area contributed by atoms with Gasteiger partial charge in [-0.1, -0.05) is 0 Å². The Bertz CT molecular complexity index is 263. The summed E-state index contributed by atoms with van der Waals surface area (Å²) in [7, 11) is 3.42. The minimum Gasteiger partial charge on any atom is -0.573 e. The van der Waals surface area contributed by atoms with Crippen molar-refractivity contribution in [3.05, 3.63) is 24.3 Å². The number of phenols is 1. The molecular formula is C8H12N2O2S. The molecule has 1 aromatic rings. The Morgan fingerprint density at radius 1 is 1.31 bits per heavy atom. The lowest BCUT2D eigenvalue weighted by Crippen LogP contribution is -2.28. The van der Waals surface area contributed by atoms with Crippen molar-refractivity contribution in [2.75, 3.05) is 18.8 Å². The van der Waals surface area contributed by atoms with Crippen LogP contribution in [0.5, 0.6) is 5.75 Å². The zero-order chi connectivity index (χ0) is 9.84. The number of rotatable bonds is 3.